The number of rotatable bonds is 9. The Bertz CT molecular complexity index is 774. The van der Waals surface area contributed by atoms with E-state index in [0.717, 1.165) is 43.4 Å². The van der Waals surface area contributed by atoms with E-state index in [1.807, 2.05) is 49.4 Å². The first-order valence-corrected chi connectivity index (χ1v) is 10.0. The average Bonchev–Trinajstić information content (AvgIpc) is 2.74. The number of anilines is 1. The van der Waals surface area contributed by atoms with Gasteiger partial charge in [0.1, 0.15) is 23.9 Å². The Labute approximate surface area is 171 Å². The topological polar surface area (TPSA) is 74.3 Å². The number of phenols is 1. The zero-order valence-electron chi connectivity index (χ0n) is 16.8. The van der Waals surface area contributed by atoms with Gasteiger partial charge in [-0.2, -0.15) is 0 Å². The van der Waals surface area contributed by atoms with Gasteiger partial charge >= 0.3 is 0 Å². The molecule has 1 aliphatic heterocycles. The quantitative estimate of drug-likeness (QED) is 0.629. The van der Waals surface area contributed by atoms with Gasteiger partial charge in [0, 0.05) is 26.2 Å². The molecule has 29 heavy (non-hydrogen) atoms. The van der Waals surface area contributed by atoms with Crippen molar-refractivity contribution in [1.82, 2.24) is 10.2 Å². The highest BCUT2D eigenvalue weighted by Crippen LogP contribution is 2.27. The summed E-state index contributed by atoms with van der Waals surface area (Å²) in [4.78, 5) is 16.4. The summed E-state index contributed by atoms with van der Waals surface area (Å²) in [7, 11) is 0. The summed E-state index contributed by atoms with van der Waals surface area (Å²) in [5, 5.41) is 12.9. The summed E-state index contributed by atoms with van der Waals surface area (Å²) in [5.41, 5.74) is 0.850. The summed E-state index contributed by atoms with van der Waals surface area (Å²) in [6, 6.07) is 14.8. The lowest BCUT2D eigenvalue weighted by Crippen LogP contribution is -2.49. The number of benzene rings is 2. The minimum Gasteiger partial charge on any atom is -0.506 e. The fourth-order valence-electron chi connectivity index (χ4n) is 3.30. The molecule has 156 valence electrons. The Hall–Kier alpha value is -2.93. The highest BCUT2D eigenvalue weighted by molar-refractivity contribution is 5.78. The van der Waals surface area contributed by atoms with Crippen molar-refractivity contribution in [3.63, 3.8) is 0 Å². The van der Waals surface area contributed by atoms with Crippen molar-refractivity contribution in [1.29, 1.82) is 0 Å². The molecule has 0 spiro atoms. The maximum absolute atomic E-state index is 12.2. The van der Waals surface area contributed by atoms with Gasteiger partial charge in [-0.15, -0.1) is 0 Å². The molecule has 0 saturated carbocycles. The molecule has 2 N–H and O–H groups in total. The SMILES string of the molecule is CCOc1ccc(OCCNC(=O)CN2CCN(c3ccccc3O)CC2)cc1. The molecule has 1 fully saturated rings. The number of piperazine rings is 1. The van der Waals surface area contributed by atoms with Crippen molar-refractivity contribution < 1.29 is 19.4 Å². The van der Waals surface area contributed by atoms with Gasteiger partial charge in [0.05, 0.1) is 25.4 Å². The van der Waals surface area contributed by atoms with Crippen molar-refractivity contribution in [3.05, 3.63) is 48.5 Å². The van der Waals surface area contributed by atoms with Crippen LogP contribution < -0.4 is 19.7 Å². The summed E-state index contributed by atoms with van der Waals surface area (Å²) in [6.45, 7) is 6.96. The van der Waals surface area contributed by atoms with Crippen molar-refractivity contribution in [2.75, 3.05) is 57.4 Å². The minimum absolute atomic E-state index is 0.00342. The van der Waals surface area contributed by atoms with Crippen LogP contribution in [0.4, 0.5) is 5.69 Å². The number of hydrogen-bond acceptors (Lipinski definition) is 6. The molecule has 7 nitrogen and oxygen atoms in total. The van der Waals surface area contributed by atoms with Gasteiger partial charge in [-0.05, 0) is 43.3 Å². The lowest BCUT2D eigenvalue weighted by atomic mass is 10.2. The third-order valence-corrected chi connectivity index (χ3v) is 4.79. The fourth-order valence-corrected chi connectivity index (χ4v) is 3.30. The molecule has 1 aliphatic rings. The highest BCUT2D eigenvalue weighted by atomic mass is 16.5. The lowest BCUT2D eigenvalue weighted by Gasteiger charge is -2.35. The Balaban J connectivity index is 1.32. The monoisotopic (exact) mass is 399 g/mol. The van der Waals surface area contributed by atoms with Crippen molar-refractivity contribution in [2.24, 2.45) is 0 Å². The molecule has 0 atom stereocenters. The Morgan fingerprint density at radius 2 is 1.66 bits per heavy atom. The summed E-state index contributed by atoms with van der Waals surface area (Å²) < 4.78 is 11.0. The smallest absolute Gasteiger partial charge is 0.234 e. The van der Waals surface area contributed by atoms with Gasteiger partial charge in [0.2, 0.25) is 5.91 Å². The number of carbonyl (C=O) groups excluding carboxylic acids is 1. The van der Waals surface area contributed by atoms with E-state index in [2.05, 4.69) is 15.1 Å². The average molecular weight is 399 g/mol. The number of phenolic OH excluding ortho intramolecular Hbond substituents is 1. The van der Waals surface area contributed by atoms with Crippen molar-refractivity contribution in [2.45, 2.75) is 6.92 Å². The first-order valence-electron chi connectivity index (χ1n) is 10.0. The number of aromatic hydroxyl groups is 1. The van der Waals surface area contributed by atoms with Crippen LogP contribution in [0.3, 0.4) is 0 Å². The first kappa shape index (κ1) is 20.8. The standard InChI is InChI=1S/C22H29N3O4/c1-2-28-18-7-9-19(10-8-18)29-16-11-23-22(27)17-24-12-14-25(15-13-24)20-5-3-4-6-21(20)26/h3-10,26H,2,11-17H2,1H3,(H,23,27). The van der Waals surface area contributed by atoms with E-state index in [4.69, 9.17) is 9.47 Å². The zero-order valence-corrected chi connectivity index (χ0v) is 16.8. The number of ether oxygens (including phenoxy) is 2. The molecule has 1 saturated heterocycles. The van der Waals surface area contributed by atoms with E-state index in [0.29, 0.717) is 32.1 Å². The summed E-state index contributed by atoms with van der Waals surface area (Å²) in [5.74, 6) is 1.86. The van der Waals surface area contributed by atoms with Crippen molar-refractivity contribution in [3.8, 4) is 17.2 Å². The van der Waals surface area contributed by atoms with E-state index < -0.39 is 0 Å². The first-order chi connectivity index (χ1) is 14.2. The van der Waals surface area contributed by atoms with Gasteiger partial charge in [-0.3, -0.25) is 9.69 Å². The highest BCUT2D eigenvalue weighted by Gasteiger charge is 2.20. The fraction of sp³-hybridized carbons (Fsp3) is 0.409. The van der Waals surface area contributed by atoms with Gasteiger partial charge in [-0.25, -0.2) is 0 Å². The summed E-state index contributed by atoms with van der Waals surface area (Å²) >= 11 is 0. The number of hydrogen-bond donors (Lipinski definition) is 2. The molecule has 7 heteroatoms. The minimum atomic E-state index is -0.00342. The van der Waals surface area contributed by atoms with E-state index in [-0.39, 0.29) is 5.91 Å². The van der Waals surface area contributed by atoms with E-state index in [1.165, 1.54) is 0 Å². The third-order valence-electron chi connectivity index (χ3n) is 4.79. The van der Waals surface area contributed by atoms with Crippen LogP contribution in [0.15, 0.2) is 48.5 Å². The second-order valence-corrected chi connectivity index (χ2v) is 6.85. The van der Waals surface area contributed by atoms with Crippen LogP contribution in [0, 0.1) is 0 Å². The van der Waals surface area contributed by atoms with Gasteiger partial charge in [0.25, 0.3) is 0 Å². The molecule has 2 aromatic rings. The van der Waals surface area contributed by atoms with E-state index in [9.17, 15) is 9.90 Å². The maximum atomic E-state index is 12.2. The van der Waals surface area contributed by atoms with E-state index in [1.54, 1.807) is 6.07 Å². The largest absolute Gasteiger partial charge is 0.506 e. The molecule has 1 amide bonds. The van der Waals surface area contributed by atoms with Crippen LogP contribution >= 0.6 is 0 Å². The Morgan fingerprint density at radius 1 is 1.00 bits per heavy atom. The van der Waals surface area contributed by atoms with Crippen LogP contribution in [0.1, 0.15) is 6.92 Å². The molecular formula is C22H29N3O4. The number of nitrogens with one attached hydrogen (secondary N) is 1. The normalized spacial score (nSPS) is 14.4. The van der Waals surface area contributed by atoms with Gasteiger partial charge < -0.3 is 24.8 Å². The van der Waals surface area contributed by atoms with Crippen LogP contribution in [-0.4, -0.2) is 68.4 Å². The second kappa shape index (κ2) is 10.6. The zero-order chi connectivity index (χ0) is 20.5. The molecule has 0 bridgehead atoms. The number of para-hydroxylation sites is 2. The summed E-state index contributed by atoms with van der Waals surface area (Å²) in [6.07, 6.45) is 0. The lowest BCUT2D eigenvalue weighted by molar-refractivity contribution is -0.122. The molecule has 1 heterocycles. The van der Waals surface area contributed by atoms with Crippen molar-refractivity contribution >= 4 is 11.6 Å². The Morgan fingerprint density at radius 3 is 2.31 bits per heavy atom. The van der Waals surface area contributed by atoms with Gasteiger partial charge in [0.15, 0.2) is 0 Å². The molecular weight excluding hydrogens is 370 g/mol. The predicted molar refractivity (Wildman–Crippen MR) is 113 cm³/mol. The van der Waals surface area contributed by atoms with Crippen LogP contribution in [0.2, 0.25) is 0 Å². The molecule has 0 aliphatic carbocycles. The Kier molecular flexibility index (Phi) is 7.58. The third kappa shape index (κ3) is 6.29. The van der Waals surface area contributed by atoms with Crippen LogP contribution in [0.5, 0.6) is 17.2 Å². The second-order valence-electron chi connectivity index (χ2n) is 6.85. The number of carbonyl (C=O) groups is 1. The van der Waals surface area contributed by atoms with Gasteiger partial charge in [-0.1, -0.05) is 12.1 Å². The predicted octanol–water partition coefficient (Wildman–Crippen LogP) is 2.11. The number of amides is 1. The number of nitrogens with zero attached hydrogens (tertiary/aromatic N) is 2. The van der Waals surface area contributed by atoms with E-state index >= 15 is 0 Å². The molecule has 0 radical (unpaired) electrons. The molecule has 2 aromatic carbocycles. The van der Waals surface area contributed by atoms with Crippen LogP contribution in [-0.2, 0) is 4.79 Å². The molecule has 0 aromatic heterocycles. The maximum Gasteiger partial charge on any atom is 0.234 e. The van der Waals surface area contributed by atoms with Crippen LogP contribution in [0.25, 0.3) is 0 Å². The molecule has 0 unspecified atom stereocenters. The molecule has 3 rings (SSSR count).